The van der Waals surface area contributed by atoms with Gasteiger partial charge in [-0.3, -0.25) is 4.79 Å². The van der Waals surface area contributed by atoms with Crippen LogP contribution in [-0.4, -0.2) is 56.0 Å². The second kappa shape index (κ2) is 11.6. The Morgan fingerprint density at radius 2 is 2.00 bits per heavy atom. The van der Waals surface area contributed by atoms with E-state index in [9.17, 15) is 9.18 Å². The predicted molar refractivity (Wildman–Crippen MR) is 134 cm³/mol. The normalized spacial score (nSPS) is 19.1. The Labute approximate surface area is 202 Å². The van der Waals surface area contributed by atoms with Crippen LogP contribution < -0.4 is 20.1 Å². The van der Waals surface area contributed by atoms with Gasteiger partial charge in [-0.05, 0) is 56.3 Å². The highest BCUT2D eigenvalue weighted by Crippen LogP contribution is 2.47. The second-order valence-corrected chi connectivity index (χ2v) is 8.81. The second-order valence-electron chi connectivity index (χ2n) is 8.81. The molecule has 2 aliphatic rings. The van der Waals surface area contributed by atoms with Crippen LogP contribution in [-0.2, 0) is 4.79 Å². The first kappa shape index (κ1) is 25.8. The molecule has 7 heteroatoms. The summed E-state index contributed by atoms with van der Waals surface area (Å²) in [6.45, 7) is 10.3. The number of hydrogen-bond donors (Lipinski definition) is 2. The summed E-state index contributed by atoms with van der Waals surface area (Å²) in [5.41, 5.74) is 2.07. The summed E-state index contributed by atoms with van der Waals surface area (Å²) >= 11 is 0. The zero-order chi connectivity index (χ0) is 24.7. The summed E-state index contributed by atoms with van der Waals surface area (Å²) in [4.78, 5) is 14.6. The number of amides is 1. The van der Waals surface area contributed by atoms with Crippen LogP contribution in [0.15, 0.2) is 48.2 Å². The van der Waals surface area contributed by atoms with Gasteiger partial charge in [-0.15, -0.1) is 0 Å². The van der Waals surface area contributed by atoms with Crippen LogP contribution in [0.5, 0.6) is 11.5 Å². The molecule has 2 aliphatic heterocycles. The molecule has 1 amide bonds. The lowest BCUT2D eigenvalue weighted by Crippen LogP contribution is -2.46. The Morgan fingerprint density at radius 3 is 2.62 bits per heavy atom. The van der Waals surface area contributed by atoms with Gasteiger partial charge in [0.1, 0.15) is 17.1 Å². The number of ether oxygens (including phenoxy) is 2. The van der Waals surface area contributed by atoms with Crippen molar-refractivity contribution in [2.24, 2.45) is 5.92 Å². The number of nitrogens with zero attached hydrogens (tertiary/aromatic N) is 1. The minimum absolute atomic E-state index is 0.0940. The van der Waals surface area contributed by atoms with Crippen molar-refractivity contribution in [3.05, 3.63) is 53.8 Å². The van der Waals surface area contributed by atoms with Crippen molar-refractivity contribution in [2.75, 3.05) is 33.2 Å². The van der Waals surface area contributed by atoms with Gasteiger partial charge in [0.2, 0.25) is 12.3 Å². The third kappa shape index (κ3) is 5.81. The van der Waals surface area contributed by atoms with Crippen LogP contribution >= 0.6 is 0 Å². The molecule has 1 aromatic rings. The fourth-order valence-electron chi connectivity index (χ4n) is 4.57. The molecule has 0 aromatic heterocycles. The molecule has 3 rings (SSSR count). The molecule has 2 heterocycles. The third-order valence-corrected chi connectivity index (χ3v) is 6.36. The average Bonchev–Trinajstić information content (AvgIpc) is 2.82. The lowest BCUT2D eigenvalue weighted by atomic mass is 9.82. The number of piperidine rings is 1. The number of rotatable bonds is 9. The van der Waals surface area contributed by atoms with Gasteiger partial charge in [0.05, 0.1) is 11.5 Å². The zero-order valence-corrected chi connectivity index (χ0v) is 21.0. The topological polar surface area (TPSA) is 62.8 Å². The number of hydrogen-bond acceptors (Lipinski definition) is 5. The minimum Gasteiger partial charge on any atom is -0.482 e. The van der Waals surface area contributed by atoms with Gasteiger partial charge < -0.3 is 25.0 Å². The maximum atomic E-state index is 13.9. The molecule has 2 unspecified atom stereocenters. The van der Waals surface area contributed by atoms with Gasteiger partial charge in [-0.2, -0.15) is 0 Å². The van der Waals surface area contributed by atoms with Crippen molar-refractivity contribution >= 4 is 11.5 Å². The third-order valence-electron chi connectivity index (χ3n) is 6.36. The number of carbonyl (C=O) groups excluding carboxylic acids is 1. The van der Waals surface area contributed by atoms with E-state index in [2.05, 4.69) is 16.7 Å². The van der Waals surface area contributed by atoms with E-state index in [0.717, 1.165) is 42.6 Å². The number of benzene rings is 1. The molecular weight excluding hydrogens is 433 g/mol. The molecule has 2 atom stereocenters. The molecule has 1 spiro atoms. The Hall–Kier alpha value is -2.80. The standard InChI is InChI=1S/C27H38FN3O3/c1-6-31(7-2)26(32)19(3)11-12-21(18-29-5)22-17-27(13-15-30-16-14-27)34-24-10-8-9-23(25(22)24)33-20(4)28/h8-12,17-20,29-30H,6-7,13-16H2,1-5H3/b12-11-,21-18+. The van der Waals surface area contributed by atoms with Crippen molar-refractivity contribution in [1.82, 2.24) is 15.5 Å². The van der Waals surface area contributed by atoms with E-state index in [1.807, 2.05) is 63.2 Å². The van der Waals surface area contributed by atoms with Gasteiger partial charge in [-0.25, -0.2) is 4.39 Å². The monoisotopic (exact) mass is 471 g/mol. The highest BCUT2D eigenvalue weighted by atomic mass is 19.1. The zero-order valence-electron chi connectivity index (χ0n) is 21.0. The molecule has 34 heavy (non-hydrogen) atoms. The maximum Gasteiger partial charge on any atom is 0.235 e. The summed E-state index contributed by atoms with van der Waals surface area (Å²) in [6.07, 6.45) is 8.14. The Kier molecular flexibility index (Phi) is 8.78. The summed E-state index contributed by atoms with van der Waals surface area (Å²) in [7, 11) is 1.84. The minimum atomic E-state index is -1.46. The van der Waals surface area contributed by atoms with Crippen LogP contribution in [0.1, 0.15) is 46.1 Å². The van der Waals surface area contributed by atoms with Crippen molar-refractivity contribution in [3.8, 4) is 11.5 Å². The molecule has 1 aromatic carbocycles. The maximum absolute atomic E-state index is 13.9. The number of fused-ring (bicyclic) bond motifs is 1. The SMILES string of the molecule is CCN(CC)C(=O)C(C)/C=C\C(=C/NC)C1=CC2(CCNCC2)Oc2cccc(OC(C)F)c21. The van der Waals surface area contributed by atoms with E-state index in [0.29, 0.717) is 24.6 Å². The van der Waals surface area contributed by atoms with Gasteiger partial charge in [-0.1, -0.05) is 25.1 Å². The number of allylic oxidation sites excluding steroid dienone is 3. The van der Waals surface area contributed by atoms with Crippen LogP contribution in [0.4, 0.5) is 4.39 Å². The summed E-state index contributed by atoms with van der Waals surface area (Å²) in [6, 6.07) is 5.51. The lowest BCUT2D eigenvalue weighted by Gasteiger charge is -2.40. The molecule has 2 N–H and O–H groups in total. The van der Waals surface area contributed by atoms with Crippen LogP contribution in [0.25, 0.3) is 5.57 Å². The first-order valence-corrected chi connectivity index (χ1v) is 12.3. The van der Waals surface area contributed by atoms with E-state index < -0.39 is 12.0 Å². The summed E-state index contributed by atoms with van der Waals surface area (Å²) in [5.74, 6) is 0.937. The van der Waals surface area contributed by atoms with E-state index >= 15 is 0 Å². The first-order chi connectivity index (χ1) is 16.3. The van der Waals surface area contributed by atoms with Gasteiger partial charge in [0.15, 0.2) is 0 Å². The van der Waals surface area contributed by atoms with E-state index in [-0.39, 0.29) is 11.8 Å². The molecule has 0 radical (unpaired) electrons. The van der Waals surface area contributed by atoms with Crippen LogP contribution in [0, 0.1) is 5.92 Å². The van der Waals surface area contributed by atoms with Gasteiger partial charge >= 0.3 is 0 Å². The van der Waals surface area contributed by atoms with Crippen molar-refractivity contribution < 1.29 is 18.7 Å². The molecule has 1 saturated heterocycles. The van der Waals surface area contributed by atoms with Gasteiger partial charge in [0, 0.05) is 46.1 Å². The highest BCUT2D eigenvalue weighted by molar-refractivity contribution is 5.89. The molecule has 0 aliphatic carbocycles. The van der Waals surface area contributed by atoms with E-state index in [1.54, 1.807) is 6.07 Å². The molecule has 1 fully saturated rings. The molecular formula is C27H38FN3O3. The Balaban J connectivity index is 2.06. The van der Waals surface area contributed by atoms with E-state index in [1.165, 1.54) is 6.92 Å². The Morgan fingerprint density at radius 1 is 1.29 bits per heavy atom. The molecule has 0 bridgehead atoms. The van der Waals surface area contributed by atoms with Crippen molar-refractivity contribution in [3.63, 3.8) is 0 Å². The smallest absolute Gasteiger partial charge is 0.235 e. The quantitative estimate of drug-likeness (QED) is 0.522. The fourth-order valence-corrected chi connectivity index (χ4v) is 4.57. The van der Waals surface area contributed by atoms with Crippen LogP contribution in [0.2, 0.25) is 0 Å². The lowest BCUT2D eigenvalue weighted by molar-refractivity contribution is -0.133. The molecule has 0 saturated carbocycles. The van der Waals surface area contributed by atoms with E-state index in [4.69, 9.17) is 9.47 Å². The number of nitrogens with one attached hydrogen (secondary N) is 2. The van der Waals surface area contributed by atoms with Gasteiger partial charge in [0.25, 0.3) is 0 Å². The van der Waals surface area contributed by atoms with Crippen LogP contribution in [0.3, 0.4) is 0 Å². The Bertz CT molecular complexity index is 944. The fraction of sp³-hybridized carbons (Fsp3) is 0.519. The summed E-state index contributed by atoms with van der Waals surface area (Å²) < 4.78 is 25.9. The number of halogens is 1. The van der Waals surface area contributed by atoms with Crippen molar-refractivity contribution in [2.45, 2.75) is 52.5 Å². The largest absolute Gasteiger partial charge is 0.482 e. The highest BCUT2D eigenvalue weighted by Gasteiger charge is 2.38. The molecule has 186 valence electrons. The predicted octanol–water partition coefficient (Wildman–Crippen LogP) is 4.44. The first-order valence-electron chi connectivity index (χ1n) is 12.3. The molecule has 6 nitrogen and oxygen atoms in total. The number of alkyl halides is 1. The summed E-state index contributed by atoms with van der Waals surface area (Å²) in [5, 5.41) is 6.52. The average molecular weight is 472 g/mol. The number of carbonyl (C=O) groups is 1. The van der Waals surface area contributed by atoms with Crippen molar-refractivity contribution in [1.29, 1.82) is 0 Å².